The second kappa shape index (κ2) is 9.18. The number of rotatable bonds is 6. The van der Waals surface area contributed by atoms with E-state index in [0.29, 0.717) is 12.2 Å². The van der Waals surface area contributed by atoms with Gasteiger partial charge < -0.3 is 9.72 Å². The molecule has 3 aromatic rings. The van der Waals surface area contributed by atoms with E-state index in [0.717, 1.165) is 40.8 Å². The van der Waals surface area contributed by atoms with Gasteiger partial charge in [-0.1, -0.05) is 30.3 Å². The Labute approximate surface area is 180 Å². The molecule has 2 aromatic carbocycles. The third-order valence-electron chi connectivity index (χ3n) is 4.93. The molecule has 0 atom stereocenters. The molecular weight excluding hydrogens is 397 g/mol. The number of aromatic nitrogens is 1. The number of benzene rings is 3. The lowest BCUT2D eigenvalue weighted by atomic mass is 10.1. The molecule has 0 fully saturated rings. The predicted octanol–water partition coefficient (Wildman–Crippen LogP) is 6.09. The number of H-pyrrole nitrogens is 1. The summed E-state index contributed by atoms with van der Waals surface area (Å²) in [6.45, 7) is 0.704. The van der Waals surface area contributed by atoms with Crippen molar-refractivity contribution in [2.45, 2.75) is 12.8 Å². The van der Waals surface area contributed by atoms with Crippen LogP contribution in [0.4, 0.5) is 4.39 Å². The Morgan fingerprint density at radius 1 is 0.867 bits per heavy atom. The lowest BCUT2D eigenvalue weighted by molar-refractivity contribution is 0.310. The van der Waals surface area contributed by atoms with E-state index in [9.17, 15) is 9.18 Å². The highest BCUT2D eigenvalue weighted by Gasteiger charge is 2.19. The van der Waals surface area contributed by atoms with Gasteiger partial charge in [-0.05, 0) is 71.7 Å². The molecular formula is C25H22FNO2S. The minimum absolute atomic E-state index is 0.0834. The van der Waals surface area contributed by atoms with Crippen molar-refractivity contribution in [1.82, 2.24) is 4.98 Å². The van der Waals surface area contributed by atoms with Gasteiger partial charge in [0, 0.05) is 22.5 Å². The highest BCUT2D eigenvalue weighted by Crippen LogP contribution is 2.44. The van der Waals surface area contributed by atoms with Crippen LogP contribution in [0, 0.1) is 5.82 Å². The molecule has 5 rings (SSSR count). The molecule has 2 aliphatic carbocycles. The third-order valence-corrected chi connectivity index (χ3v) is 5.24. The summed E-state index contributed by atoms with van der Waals surface area (Å²) in [5.41, 5.74) is 4.93. The lowest BCUT2D eigenvalue weighted by Crippen LogP contribution is -2.02. The van der Waals surface area contributed by atoms with Gasteiger partial charge in [-0.3, -0.25) is 4.79 Å². The van der Waals surface area contributed by atoms with Gasteiger partial charge in [0.05, 0.1) is 6.61 Å². The van der Waals surface area contributed by atoms with Crippen LogP contribution in [0.5, 0.6) is 5.75 Å². The monoisotopic (exact) mass is 419 g/mol. The van der Waals surface area contributed by atoms with E-state index < -0.39 is 0 Å². The first-order valence-electron chi connectivity index (χ1n) is 9.92. The molecule has 0 amide bonds. The van der Waals surface area contributed by atoms with E-state index in [-0.39, 0.29) is 11.4 Å². The number of halogens is 1. The number of aromatic amines is 1. The SMILES string of the molecule is Fc1ccccc1-c1ccc2cc1-2.O=c1ccc2cc(OCCCCS)ccc2[nH]1. The molecule has 0 saturated heterocycles. The molecule has 3 nitrogen and oxygen atoms in total. The molecule has 0 bridgehead atoms. The van der Waals surface area contributed by atoms with Gasteiger partial charge in [-0.25, -0.2) is 4.39 Å². The first kappa shape index (κ1) is 20.2. The van der Waals surface area contributed by atoms with Crippen molar-refractivity contribution in [3.63, 3.8) is 0 Å². The van der Waals surface area contributed by atoms with Gasteiger partial charge >= 0.3 is 0 Å². The average molecular weight is 420 g/mol. The van der Waals surface area contributed by atoms with Crippen LogP contribution in [0.3, 0.4) is 0 Å². The summed E-state index contributed by atoms with van der Waals surface area (Å²) in [5.74, 6) is 1.59. The molecule has 1 N–H and O–H groups in total. The summed E-state index contributed by atoms with van der Waals surface area (Å²) in [5, 5.41) is 0.983. The number of thiol groups is 1. The normalized spacial score (nSPS) is 11.0. The van der Waals surface area contributed by atoms with Crippen LogP contribution in [0.25, 0.3) is 33.2 Å². The van der Waals surface area contributed by atoms with Gasteiger partial charge in [0.1, 0.15) is 11.6 Å². The molecule has 2 aliphatic rings. The smallest absolute Gasteiger partial charge is 0.248 e. The van der Waals surface area contributed by atoms with E-state index in [4.69, 9.17) is 4.74 Å². The minimum atomic E-state index is -0.142. The number of ether oxygens (including phenoxy) is 1. The first-order valence-corrected chi connectivity index (χ1v) is 10.5. The van der Waals surface area contributed by atoms with Crippen molar-refractivity contribution in [2.75, 3.05) is 12.4 Å². The van der Waals surface area contributed by atoms with Crippen molar-refractivity contribution in [1.29, 1.82) is 0 Å². The standard InChI is InChI=1S/C13H15NO2S.C12H7F/c15-13-6-3-10-9-11(4-5-12(10)14-13)16-7-1-2-8-17;13-12-4-2-1-3-10(12)9-6-5-8-7-11(8)9/h3-6,9,17H,1-2,7-8H2,(H,14,15);1-7H. The molecule has 0 aliphatic heterocycles. The molecule has 5 heteroatoms. The fraction of sp³-hybridized carbons (Fsp3) is 0.160. The molecule has 0 spiro atoms. The zero-order valence-corrected chi connectivity index (χ0v) is 17.3. The van der Waals surface area contributed by atoms with Gasteiger partial charge in [-0.2, -0.15) is 12.6 Å². The van der Waals surface area contributed by atoms with E-state index in [2.05, 4.69) is 23.7 Å². The summed E-state index contributed by atoms with van der Waals surface area (Å²) in [4.78, 5) is 13.9. The molecule has 0 saturated carbocycles. The van der Waals surface area contributed by atoms with E-state index in [1.165, 1.54) is 23.3 Å². The zero-order chi connectivity index (χ0) is 20.9. The molecule has 1 heterocycles. The number of nitrogens with one attached hydrogen (secondary N) is 1. The molecule has 0 radical (unpaired) electrons. The van der Waals surface area contributed by atoms with Crippen LogP contribution in [0.15, 0.2) is 77.6 Å². The van der Waals surface area contributed by atoms with Crippen LogP contribution in [-0.4, -0.2) is 17.3 Å². The van der Waals surface area contributed by atoms with Crippen molar-refractivity contribution < 1.29 is 9.13 Å². The van der Waals surface area contributed by atoms with Crippen molar-refractivity contribution in [2.24, 2.45) is 0 Å². The predicted molar refractivity (Wildman–Crippen MR) is 124 cm³/mol. The fourth-order valence-electron chi connectivity index (χ4n) is 3.29. The highest BCUT2D eigenvalue weighted by atomic mass is 32.1. The van der Waals surface area contributed by atoms with Crippen LogP contribution in [0.2, 0.25) is 0 Å². The number of fused-ring (bicyclic) bond motifs is 2. The Hall–Kier alpha value is -3.05. The fourth-order valence-corrected chi connectivity index (χ4v) is 3.52. The van der Waals surface area contributed by atoms with Gasteiger partial charge in [0.25, 0.3) is 0 Å². The van der Waals surface area contributed by atoms with Gasteiger partial charge in [-0.15, -0.1) is 0 Å². The lowest BCUT2D eigenvalue weighted by Gasteiger charge is -2.06. The Balaban J connectivity index is 0.000000150. The second-order valence-electron chi connectivity index (χ2n) is 7.09. The Kier molecular flexibility index (Phi) is 6.19. The number of unbranched alkanes of at least 4 members (excludes halogenated alkanes) is 1. The van der Waals surface area contributed by atoms with Crippen LogP contribution < -0.4 is 10.3 Å². The summed E-state index contributed by atoms with van der Waals surface area (Å²) >= 11 is 4.15. The molecule has 30 heavy (non-hydrogen) atoms. The van der Waals surface area contributed by atoms with Crippen molar-refractivity contribution >= 4 is 23.5 Å². The largest absolute Gasteiger partial charge is 0.494 e. The van der Waals surface area contributed by atoms with E-state index in [1.807, 2.05) is 42.5 Å². The second-order valence-corrected chi connectivity index (χ2v) is 7.54. The topological polar surface area (TPSA) is 42.1 Å². The highest BCUT2D eigenvalue weighted by molar-refractivity contribution is 7.80. The summed E-state index contributed by atoms with van der Waals surface area (Å²) < 4.78 is 19.0. The zero-order valence-electron chi connectivity index (χ0n) is 16.4. The van der Waals surface area contributed by atoms with Crippen LogP contribution in [0.1, 0.15) is 12.8 Å². The maximum Gasteiger partial charge on any atom is 0.248 e. The maximum absolute atomic E-state index is 13.3. The van der Waals surface area contributed by atoms with E-state index >= 15 is 0 Å². The first-order chi connectivity index (χ1) is 14.7. The Bertz CT molecular complexity index is 1240. The molecule has 152 valence electrons. The minimum Gasteiger partial charge on any atom is -0.494 e. The number of hydrogen-bond acceptors (Lipinski definition) is 3. The van der Waals surface area contributed by atoms with E-state index in [1.54, 1.807) is 12.1 Å². The summed E-state index contributed by atoms with van der Waals surface area (Å²) in [6.07, 6.45) is 2.07. The van der Waals surface area contributed by atoms with Gasteiger partial charge in [0.15, 0.2) is 0 Å². The van der Waals surface area contributed by atoms with Crippen LogP contribution >= 0.6 is 12.6 Å². The quantitative estimate of drug-likeness (QED) is 0.258. The molecule has 0 unspecified atom stereocenters. The van der Waals surface area contributed by atoms with Crippen molar-refractivity contribution in [3.05, 3.63) is 89.0 Å². The average Bonchev–Trinajstić information content (AvgIpc) is 3.42. The number of hydrogen-bond donors (Lipinski definition) is 2. The van der Waals surface area contributed by atoms with Crippen LogP contribution in [-0.2, 0) is 0 Å². The van der Waals surface area contributed by atoms with Crippen molar-refractivity contribution in [3.8, 4) is 28.0 Å². The summed E-state index contributed by atoms with van der Waals surface area (Å²) in [7, 11) is 0. The Morgan fingerprint density at radius 2 is 1.73 bits per heavy atom. The number of pyridine rings is 1. The maximum atomic E-state index is 13.3. The molecule has 1 aromatic heterocycles. The summed E-state index contributed by atoms with van der Waals surface area (Å²) in [6, 6.07) is 22.0. The Morgan fingerprint density at radius 3 is 2.47 bits per heavy atom. The third kappa shape index (κ3) is 4.74. The van der Waals surface area contributed by atoms with Gasteiger partial charge in [0.2, 0.25) is 5.56 Å².